The maximum atomic E-state index is 6.58. The summed E-state index contributed by atoms with van der Waals surface area (Å²) in [5.41, 5.74) is 0.755. The minimum atomic E-state index is 0.755. The molecule has 1 rings (SSSR count). The third-order valence-corrected chi connectivity index (χ3v) is 1.16. The van der Waals surface area contributed by atoms with Gasteiger partial charge in [-0.2, -0.15) is 4.37 Å². The van der Waals surface area contributed by atoms with Crippen molar-refractivity contribution in [3.05, 3.63) is 23.6 Å². The molecule has 7 heavy (non-hydrogen) atoms. The maximum absolute atomic E-state index is 6.58. The van der Waals surface area contributed by atoms with Crippen molar-refractivity contribution < 1.29 is 0 Å². The van der Waals surface area contributed by atoms with E-state index in [1.807, 2.05) is 0 Å². The Hall–Kier alpha value is -0.810. The normalized spacial score (nSPS) is 7.86. The van der Waals surface area contributed by atoms with Gasteiger partial charge in [-0.15, -0.1) is 0 Å². The summed E-state index contributed by atoms with van der Waals surface area (Å²) in [5.74, 6) is 2.20. The average molecular weight is 108 g/mol. The zero-order chi connectivity index (χ0) is 5.11. The molecule has 33 valence electrons. The van der Waals surface area contributed by atoms with Crippen molar-refractivity contribution in [2.45, 2.75) is 0 Å². The van der Waals surface area contributed by atoms with Gasteiger partial charge >= 0.3 is 0 Å². The SMILES string of the molecule is [C]#Cc1cnsc1. The smallest absolute Gasteiger partial charge is 0.0564 e. The van der Waals surface area contributed by atoms with Gasteiger partial charge in [0.1, 0.15) is 0 Å². The lowest BCUT2D eigenvalue weighted by Crippen LogP contribution is -1.56. The van der Waals surface area contributed by atoms with Crippen LogP contribution >= 0.6 is 11.5 Å². The first kappa shape index (κ1) is 4.35. The Balaban J connectivity index is 3.04. The van der Waals surface area contributed by atoms with Gasteiger partial charge in [-0.25, -0.2) is 0 Å². The molecule has 0 fully saturated rings. The van der Waals surface area contributed by atoms with E-state index in [4.69, 9.17) is 6.42 Å². The Bertz CT molecular complexity index is 170. The van der Waals surface area contributed by atoms with Crippen LogP contribution in [-0.2, 0) is 0 Å². The van der Waals surface area contributed by atoms with Gasteiger partial charge < -0.3 is 0 Å². The van der Waals surface area contributed by atoms with E-state index in [-0.39, 0.29) is 0 Å². The molecule has 0 bridgehead atoms. The van der Waals surface area contributed by atoms with Crippen LogP contribution in [0.2, 0.25) is 0 Å². The van der Waals surface area contributed by atoms with Crippen molar-refractivity contribution >= 4 is 11.5 Å². The highest BCUT2D eigenvalue weighted by Gasteiger charge is 1.81. The molecule has 1 radical (unpaired) electrons. The van der Waals surface area contributed by atoms with E-state index in [0.29, 0.717) is 0 Å². The Morgan fingerprint density at radius 2 is 2.71 bits per heavy atom. The highest BCUT2D eigenvalue weighted by Crippen LogP contribution is 1.96. The van der Waals surface area contributed by atoms with E-state index in [9.17, 15) is 0 Å². The summed E-state index contributed by atoms with van der Waals surface area (Å²) < 4.78 is 3.75. The van der Waals surface area contributed by atoms with Crippen LogP contribution in [0.1, 0.15) is 5.56 Å². The second-order valence-corrected chi connectivity index (χ2v) is 1.70. The summed E-state index contributed by atoms with van der Waals surface area (Å²) >= 11 is 1.33. The van der Waals surface area contributed by atoms with Crippen molar-refractivity contribution in [1.29, 1.82) is 0 Å². The van der Waals surface area contributed by atoms with Crippen LogP contribution in [0.15, 0.2) is 11.6 Å². The van der Waals surface area contributed by atoms with E-state index in [1.165, 1.54) is 11.5 Å². The Morgan fingerprint density at radius 1 is 1.86 bits per heavy atom. The van der Waals surface area contributed by atoms with Crippen LogP contribution in [0.25, 0.3) is 0 Å². The molecule has 0 atom stereocenters. The maximum Gasteiger partial charge on any atom is 0.0564 e. The second-order valence-electron chi connectivity index (χ2n) is 1.04. The number of rotatable bonds is 0. The largest absolute Gasteiger partial charge is 0.200 e. The summed E-state index contributed by atoms with van der Waals surface area (Å²) in [7, 11) is 0. The lowest BCUT2D eigenvalue weighted by atomic mass is 10.4. The van der Waals surface area contributed by atoms with E-state index in [2.05, 4.69) is 10.3 Å². The third-order valence-electron chi connectivity index (χ3n) is 0.577. The van der Waals surface area contributed by atoms with Crippen LogP contribution in [0.3, 0.4) is 0 Å². The first-order chi connectivity index (χ1) is 3.43. The molecule has 0 aromatic carbocycles. The molecule has 0 saturated heterocycles. The molecule has 2 heteroatoms. The van der Waals surface area contributed by atoms with Gasteiger partial charge in [-0.05, 0) is 18.0 Å². The van der Waals surface area contributed by atoms with Gasteiger partial charge in [0, 0.05) is 5.38 Å². The van der Waals surface area contributed by atoms with E-state index >= 15 is 0 Å². The Kier molecular flexibility index (Phi) is 1.10. The summed E-state index contributed by atoms with van der Waals surface area (Å²) in [5, 5.41) is 1.77. The van der Waals surface area contributed by atoms with Crippen LogP contribution < -0.4 is 0 Å². The topological polar surface area (TPSA) is 12.9 Å². The fourth-order valence-corrected chi connectivity index (χ4v) is 0.735. The Labute approximate surface area is 46.2 Å². The van der Waals surface area contributed by atoms with Gasteiger partial charge in [0.25, 0.3) is 0 Å². The summed E-state index contributed by atoms with van der Waals surface area (Å²) in [6, 6.07) is 0. The summed E-state index contributed by atoms with van der Waals surface area (Å²) in [6.07, 6.45) is 8.19. The molecule has 1 aromatic rings. The minimum Gasteiger partial charge on any atom is -0.200 e. The van der Waals surface area contributed by atoms with Crippen molar-refractivity contribution in [2.75, 3.05) is 0 Å². The van der Waals surface area contributed by atoms with Gasteiger partial charge in [-0.3, -0.25) is 0 Å². The van der Waals surface area contributed by atoms with E-state index in [1.54, 1.807) is 11.6 Å². The standard InChI is InChI=1S/C5H2NS/c1-2-5-3-6-7-4-5/h3-4H. The van der Waals surface area contributed by atoms with Crippen LogP contribution in [0, 0.1) is 12.3 Å². The molecule has 0 unspecified atom stereocenters. The predicted molar refractivity (Wildman–Crippen MR) is 28.3 cm³/mol. The molecule has 1 aromatic heterocycles. The zero-order valence-corrected chi connectivity index (χ0v) is 4.33. The third kappa shape index (κ3) is 0.787. The lowest BCUT2D eigenvalue weighted by Gasteiger charge is -1.63. The molecule has 0 N–H and O–H groups in total. The summed E-state index contributed by atoms with van der Waals surface area (Å²) in [4.78, 5) is 0. The van der Waals surface area contributed by atoms with Crippen molar-refractivity contribution in [1.82, 2.24) is 4.37 Å². The van der Waals surface area contributed by atoms with Crippen LogP contribution in [-0.4, -0.2) is 4.37 Å². The molecule has 0 aliphatic heterocycles. The monoisotopic (exact) mass is 108 g/mol. The molecule has 0 amide bonds. The quantitative estimate of drug-likeness (QED) is 0.453. The fourth-order valence-electron chi connectivity index (χ4n) is 0.267. The van der Waals surface area contributed by atoms with E-state index in [0.717, 1.165) is 5.56 Å². The molecule has 0 saturated carbocycles. The second kappa shape index (κ2) is 1.76. The lowest BCUT2D eigenvalue weighted by molar-refractivity contribution is 1.56. The van der Waals surface area contributed by atoms with Gasteiger partial charge in [0.05, 0.1) is 11.8 Å². The van der Waals surface area contributed by atoms with Gasteiger partial charge in [0.2, 0.25) is 0 Å². The van der Waals surface area contributed by atoms with Crippen LogP contribution in [0.5, 0.6) is 0 Å². The molecule has 0 aliphatic carbocycles. The molecular weight excluding hydrogens is 106 g/mol. The number of aromatic nitrogens is 1. The van der Waals surface area contributed by atoms with Crippen molar-refractivity contribution in [3.63, 3.8) is 0 Å². The number of hydrogen-bond donors (Lipinski definition) is 0. The van der Waals surface area contributed by atoms with Crippen molar-refractivity contribution in [3.8, 4) is 5.92 Å². The molecular formula is C5H2NS. The van der Waals surface area contributed by atoms with E-state index < -0.39 is 0 Å². The number of nitrogens with zero attached hydrogens (tertiary/aromatic N) is 1. The summed E-state index contributed by atoms with van der Waals surface area (Å²) in [6.45, 7) is 0. The highest BCUT2D eigenvalue weighted by atomic mass is 32.1. The predicted octanol–water partition coefficient (Wildman–Crippen LogP) is 1.08. The molecule has 0 spiro atoms. The average Bonchev–Trinajstić information content (AvgIpc) is 2.14. The van der Waals surface area contributed by atoms with Gasteiger partial charge in [-0.1, -0.05) is 5.92 Å². The molecule has 1 heterocycles. The fraction of sp³-hybridized carbons (Fsp3) is 0. The Morgan fingerprint density at radius 3 is 3.00 bits per heavy atom. The van der Waals surface area contributed by atoms with Crippen LogP contribution in [0.4, 0.5) is 0 Å². The zero-order valence-electron chi connectivity index (χ0n) is 3.51. The number of hydrogen-bond acceptors (Lipinski definition) is 2. The first-order valence-corrected chi connectivity index (χ1v) is 2.59. The van der Waals surface area contributed by atoms with Crippen molar-refractivity contribution in [2.24, 2.45) is 0 Å². The molecule has 1 nitrogen and oxygen atoms in total. The highest BCUT2D eigenvalue weighted by molar-refractivity contribution is 7.03. The first-order valence-electron chi connectivity index (χ1n) is 1.75. The minimum absolute atomic E-state index is 0.755. The van der Waals surface area contributed by atoms with Gasteiger partial charge in [0.15, 0.2) is 0 Å². The molecule has 0 aliphatic rings.